The fourth-order valence-electron chi connectivity index (χ4n) is 2.64. The molecule has 1 unspecified atom stereocenters. The van der Waals surface area contributed by atoms with Crippen molar-refractivity contribution in [3.05, 3.63) is 29.8 Å². The monoisotopic (exact) mass is 263 g/mol. The number of hydrogen-bond donors (Lipinski definition) is 2. The van der Waals surface area contributed by atoms with Gasteiger partial charge in [-0.15, -0.1) is 0 Å². The number of aryl methyl sites for hydroxylation is 1. The molecule has 1 aromatic rings. The maximum absolute atomic E-state index is 11.6. The van der Waals surface area contributed by atoms with Crippen molar-refractivity contribution in [2.75, 3.05) is 13.7 Å². The number of benzene rings is 1. The van der Waals surface area contributed by atoms with Gasteiger partial charge in [0.2, 0.25) is 0 Å². The van der Waals surface area contributed by atoms with Gasteiger partial charge in [0.25, 0.3) is 0 Å². The van der Waals surface area contributed by atoms with Gasteiger partial charge in [-0.2, -0.15) is 0 Å². The number of rotatable bonds is 7. The predicted octanol–water partition coefficient (Wildman–Crippen LogP) is 2.07. The van der Waals surface area contributed by atoms with Crippen molar-refractivity contribution in [1.82, 2.24) is 0 Å². The summed E-state index contributed by atoms with van der Waals surface area (Å²) >= 11 is 0. The molecule has 1 aliphatic rings. The standard InChI is InChI=1S/C15H21NO3/c1-19-13-6-2-11(3-7-13)8-9-15(10-16,14(17)18)12-4-5-12/h2-3,6-7,12H,4-5,8-10,16H2,1H3,(H,17,18). The number of methoxy groups -OCH3 is 1. The van der Waals surface area contributed by atoms with E-state index < -0.39 is 11.4 Å². The maximum atomic E-state index is 11.6. The number of carboxylic acids is 1. The van der Waals surface area contributed by atoms with Gasteiger partial charge in [0.1, 0.15) is 5.75 Å². The number of ether oxygens (including phenoxy) is 1. The third kappa shape index (κ3) is 2.89. The van der Waals surface area contributed by atoms with E-state index in [1.54, 1.807) is 7.11 Å². The first-order chi connectivity index (χ1) is 9.12. The quantitative estimate of drug-likeness (QED) is 0.790. The molecule has 0 amide bonds. The molecule has 4 heteroatoms. The molecule has 0 aromatic heterocycles. The lowest BCUT2D eigenvalue weighted by atomic mass is 9.77. The molecule has 1 aromatic carbocycles. The fraction of sp³-hybridized carbons (Fsp3) is 0.533. The Labute approximate surface area is 113 Å². The van der Waals surface area contributed by atoms with Crippen LogP contribution in [0, 0.1) is 11.3 Å². The molecular formula is C15H21NO3. The van der Waals surface area contributed by atoms with Crippen molar-refractivity contribution >= 4 is 5.97 Å². The molecule has 1 aliphatic carbocycles. The summed E-state index contributed by atoms with van der Waals surface area (Å²) in [7, 11) is 1.63. The maximum Gasteiger partial charge on any atom is 0.311 e. The zero-order valence-electron chi connectivity index (χ0n) is 11.3. The van der Waals surface area contributed by atoms with Crippen LogP contribution < -0.4 is 10.5 Å². The third-order valence-corrected chi connectivity index (χ3v) is 4.17. The summed E-state index contributed by atoms with van der Waals surface area (Å²) in [6, 6.07) is 7.76. The molecule has 1 saturated carbocycles. The summed E-state index contributed by atoms with van der Waals surface area (Å²) in [6.07, 6.45) is 3.33. The average Bonchev–Trinajstić information content (AvgIpc) is 3.25. The first-order valence-corrected chi connectivity index (χ1v) is 6.69. The minimum atomic E-state index is -0.744. The minimum Gasteiger partial charge on any atom is -0.497 e. The van der Waals surface area contributed by atoms with Gasteiger partial charge in [0.05, 0.1) is 12.5 Å². The second-order valence-corrected chi connectivity index (χ2v) is 5.29. The number of carboxylic acid groups (broad SMARTS) is 1. The molecular weight excluding hydrogens is 242 g/mol. The Hall–Kier alpha value is -1.55. The molecule has 1 fully saturated rings. The number of carbonyl (C=O) groups is 1. The van der Waals surface area contributed by atoms with E-state index in [1.165, 1.54) is 0 Å². The van der Waals surface area contributed by atoms with Gasteiger partial charge in [-0.25, -0.2) is 0 Å². The van der Waals surface area contributed by atoms with Crippen molar-refractivity contribution in [2.45, 2.75) is 25.7 Å². The van der Waals surface area contributed by atoms with Gasteiger partial charge in [-0.3, -0.25) is 4.79 Å². The molecule has 2 rings (SSSR count). The van der Waals surface area contributed by atoms with E-state index in [4.69, 9.17) is 10.5 Å². The first kappa shape index (κ1) is 13.9. The first-order valence-electron chi connectivity index (χ1n) is 6.69. The van der Waals surface area contributed by atoms with Gasteiger partial charge in [-0.05, 0) is 49.3 Å². The third-order valence-electron chi connectivity index (χ3n) is 4.17. The van der Waals surface area contributed by atoms with Crippen LogP contribution in [0.1, 0.15) is 24.8 Å². The van der Waals surface area contributed by atoms with Crippen LogP contribution in [0.15, 0.2) is 24.3 Å². The number of nitrogens with two attached hydrogens (primary N) is 1. The Balaban J connectivity index is 2.03. The molecule has 0 bridgehead atoms. The molecule has 0 spiro atoms. The van der Waals surface area contributed by atoms with Crippen LogP contribution >= 0.6 is 0 Å². The van der Waals surface area contributed by atoms with Crippen LogP contribution in [-0.2, 0) is 11.2 Å². The molecule has 104 valence electrons. The summed E-state index contributed by atoms with van der Waals surface area (Å²) in [5.41, 5.74) is 6.15. The molecule has 4 nitrogen and oxygen atoms in total. The normalized spacial score (nSPS) is 17.8. The van der Waals surface area contributed by atoms with Crippen LogP contribution in [0.3, 0.4) is 0 Å². The summed E-state index contributed by atoms with van der Waals surface area (Å²) in [5.74, 6) is 0.327. The van der Waals surface area contributed by atoms with E-state index in [0.29, 0.717) is 6.42 Å². The highest BCUT2D eigenvalue weighted by atomic mass is 16.5. The summed E-state index contributed by atoms with van der Waals surface area (Å²) in [4.78, 5) is 11.6. The molecule has 0 saturated heterocycles. The van der Waals surface area contributed by atoms with Crippen molar-refractivity contribution in [1.29, 1.82) is 0 Å². The van der Waals surface area contributed by atoms with Crippen LogP contribution in [0.4, 0.5) is 0 Å². The Bertz CT molecular complexity index is 439. The zero-order valence-corrected chi connectivity index (χ0v) is 11.3. The molecule has 19 heavy (non-hydrogen) atoms. The minimum absolute atomic E-state index is 0.225. The van der Waals surface area contributed by atoms with E-state index in [2.05, 4.69) is 0 Å². The van der Waals surface area contributed by atoms with E-state index >= 15 is 0 Å². The second-order valence-electron chi connectivity index (χ2n) is 5.29. The Morgan fingerprint density at radius 2 is 2.05 bits per heavy atom. The Morgan fingerprint density at radius 1 is 1.42 bits per heavy atom. The lowest BCUT2D eigenvalue weighted by Crippen LogP contribution is -2.41. The largest absolute Gasteiger partial charge is 0.497 e. The highest BCUT2D eigenvalue weighted by Crippen LogP contribution is 2.48. The van der Waals surface area contributed by atoms with Crippen molar-refractivity contribution in [2.24, 2.45) is 17.1 Å². The van der Waals surface area contributed by atoms with E-state index in [0.717, 1.165) is 30.6 Å². The van der Waals surface area contributed by atoms with Gasteiger partial charge in [0, 0.05) is 6.54 Å². The summed E-state index contributed by atoms with van der Waals surface area (Å²) in [5, 5.41) is 9.49. The fourth-order valence-corrected chi connectivity index (χ4v) is 2.64. The molecule has 0 radical (unpaired) electrons. The molecule has 0 heterocycles. The highest BCUT2D eigenvalue weighted by molar-refractivity contribution is 5.76. The topological polar surface area (TPSA) is 72.5 Å². The summed E-state index contributed by atoms with van der Waals surface area (Å²) in [6.45, 7) is 0.225. The van der Waals surface area contributed by atoms with Crippen LogP contribution in [0.2, 0.25) is 0 Å². The van der Waals surface area contributed by atoms with Crippen molar-refractivity contribution in [3.8, 4) is 5.75 Å². The predicted molar refractivity (Wildman–Crippen MR) is 73.2 cm³/mol. The van der Waals surface area contributed by atoms with Gasteiger partial charge >= 0.3 is 5.97 Å². The van der Waals surface area contributed by atoms with Crippen molar-refractivity contribution in [3.63, 3.8) is 0 Å². The van der Waals surface area contributed by atoms with E-state index in [-0.39, 0.29) is 12.5 Å². The average molecular weight is 263 g/mol. The van der Waals surface area contributed by atoms with E-state index in [1.807, 2.05) is 24.3 Å². The number of aliphatic carboxylic acids is 1. The number of hydrogen-bond acceptors (Lipinski definition) is 3. The molecule has 1 atom stereocenters. The van der Waals surface area contributed by atoms with Crippen LogP contribution in [0.25, 0.3) is 0 Å². The smallest absolute Gasteiger partial charge is 0.311 e. The lowest BCUT2D eigenvalue weighted by Gasteiger charge is -2.28. The van der Waals surface area contributed by atoms with Crippen LogP contribution in [-0.4, -0.2) is 24.7 Å². The molecule has 3 N–H and O–H groups in total. The van der Waals surface area contributed by atoms with Gasteiger partial charge in [0.15, 0.2) is 0 Å². The Morgan fingerprint density at radius 3 is 2.47 bits per heavy atom. The van der Waals surface area contributed by atoms with Crippen LogP contribution in [0.5, 0.6) is 5.75 Å². The van der Waals surface area contributed by atoms with Crippen molar-refractivity contribution < 1.29 is 14.6 Å². The second kappa shape index (κ2) is 5.61. The SMILES string of the molecule is COc1ccc(CCC(CN)(C(=O)O)C2CC2)cc1. The van der Waals surface area contributed by atoms with E-state index in [9.17, 15) is 9.90 Å². The zero-order chi connectivity index (χ0) is 13.9. The summed E-state index contributed by atoms with van der Waals surface area (Å²) < 4.78 is 5.11. The lowest BCUT2D eigenvalue weighted by molar-refractivity contribution is -0.150. The highest BCUT2D eigenvalue weighted by Gasteiger charge is 2.49. The Kier molecular flexibility index (Phi) is 4.10. The van der Waals surface area contributed by atoms with Gasteiger partial charge in [-0.1, -0.05) is 12.1 Å². The molecule has 0 aliphatic heterocycles. The van der Waals surface area contributed by atoms with Gasteiger partial charge < -0.3 is 15.6 Å².